The molecule has 1 heterocycles. The lowest BCUT2D eigenvalue weighted by molar-refractivity contribution is 0.163. The molecule has 0 amide bonds. The smallest absolute Gasteiger partial charge is 0.0615 e. The molecule has 0 aliphatic carbocycles. The Morgan fingerprint density at radius 3 is 2.87 bits per heavy atom. The Morgan fingerprint density at radius 1 is 1.47 bits per heavy atom. The third-order valence-corrected chi connectivity index (χ3v) is 2.70. The van der Waals surface area contributed by atoms with Crippen LogP contribution < -0.4 is 5.32 Å². The van der Waals surface area contributed by atoms with Crippen LogP contribution in [0.4, 0.5) is 0 Å². The summed E-state index contributed by atoms with van der Waals surface area (Å²) in [6.45, 7) is 7.07. The minimum Gasteiger partial charge on any atom is -0.383 e. The van der Waals surface area contributed by atoms with Crippen LogP contribution in [-0.4, -0.2) is 24.3 Å². The first-order valence-electron chi connectivity index (χ1n) is 5.68. The molecule has 1 atom stereocenters. The normalized spacial score (nSPS) is 13.0. The molecular weight excluding hydrogens is 188 g/mol. The molecule has 3 nitrogen and oxygen atoms in total. The Morgan fingerprint density at radius 2 is 2.27 bits per heavy atom. The number of aryl methyl sites for hydroxylation is 1. The first kappa shape index (κ1) is 12.3. The minimum atomic E-state index is 0.454. The third-order valence-electron chi connectivity index (χ3n) is 2.70. The van der Waals surface area contributed by atoms with Gasteiger partial charge in [0, 0.05) is 38.1 Å². The Kier molecular flexibility index (Phi) is 5.43. The van der Waals surface area contributed by atoms with Crippen molar-refractivity contribution < 1.29 is 4.74 Å². The molecule has 0 saturated heterocycles. The van der Waals surface area contributed by atoms with Gasteiger partial charge in [0.15, 0.2) is 0 Å². The van der Waals surface area contributed by atoms with Crippen molar-refractivity contribution in [1.29, 1.82) is 0 Å². The number of hydrogen-bond acceptors (Lipinski definition) is 2. The summed E-state index contributed by atoms with van der Waals surface area (Å²) < 4.78 is 7.41. The molecule has 1 rings (SSSR count). The lowest BCUT2D eigenvalue weighted by atomic mass is 10.2. The summed E-state index contributed by atoms with van der Waals surface area (Å²) >= 11 is 0. The second-order valence-corrected chi connectivity index (χ2v) is 3.73. The molecule has 1 aromatic rings. The molecule has 86 valence electrons. The molecule has 15 heavy (non-hydrogen) atoms. The maximum Gasteiger partial charge on any atom is 0.0615 e. The summed E-state index contributed by atoms with van der Waals surface area (Å²) in [5.74, 6) is 0. The fourth-order valence-corrected chi connectivity index (χ4v) is 1.69. The molecule has 1 aromatic heterocycles. The van der Waals surface area contributed by atoms with Crippen LogP contribution in [0.1, 0.15) is 26.0 Å². The van der Waals surface area contributed by atoms with Gasteiger partial charge in [-0.25, -0.2) is 0 Å². The van der Waals surface area contributed by atoms with Crippen LogP contribution >= 0.6 is 0 Å². The van der Waals surface area contributed by atoms with Crippen molar-refractivity contribution in [3.63, 3.8) is 0 Å². The predicted molar refractivity (Wildman–Crippen MR) is 62.9 cm³/mol. The molecule has 0 bridgehead atoms. The number of nitrogens with zero attached hydrogens (tertiary/aromatic N) is 1. The quantitative estimate of drug-likeness (QED) is 0.745. The first-order chi connectivity index (χ1) is 7.31. The van der Waals surface area contributed by atoms with Crippen molar-refractivity contribution in [1.82, 2.24) is 9.88 Å². The van der Waals surface area contributed by atoms with Crippen LogP contribution in [-0.2, 0) is 17.8 Å². The average molecular weight is 210 g/mol. The van der Waals surface area contributed by atoms with E-state index in [1.807, 2.05) is 0 Å². The summed E-state index contributed by atoms with van der Waals surface area (Å²) in [6.07, 6.45) is 3.22. The molecule has 0 aromatic carbocycles. The molecule has 0 aliphatic rings. The fourth-order valence-electron chi connectivity index (χ4n) is 1.69. The van der Waals surface area contributed by atoms with Gasteiger partial charge in [-0.05, 0) is 25.5 Å². The molecule has 0 saturated carbocycles. The summed E-state index contributed by atoms with van der Waals surface area (Å²) in [5.41, 5.74) is 1.34. The Balaban J connectivity index is 2.41. The van der Waals surface area contributed by atoms with Crippen molar-refractivity contribution in [3.05, 3.63) is 24.0 Å². The fraction of sp³-hybridized carbons (Fsp3) is 0.667. The summed E-state index contributed by atoms with van der Waals surface area (Å²) in [6, 6.07) is 4.71. The lowest BCUT2D eigenvalue weighted by Crippen LogP contribution is -2.32. The second kappa shape index (κ2) is 6.64. The van der Waals surface area contributed by atoms with Crippen LogP contribution in [0, 0.1) is 0 Å². The van der Waals surface area contributed by atoms with Crippen LogP contribution in [0.3, 0.4) is 0 Å². The number of hydrogen-bond donors (Lipinski definition) is 1. The van der Waals surface area contributed by atoms with Gasteiger partial charge in [0.25, 0.3) is 0 Å². The average Bonchev–Trinajstić information content (AvgIpc) is 2.71. The maximum atomic E-state index is 5.15. The number of ether oxygens (including phenoxy) is 1. The third kappa shape index (κ3) is 3.68. The number of nitrogens with one attached hydrogen (secondary N) is 1. The summed E-state index contributed by atoms with van der Waals surface area (Å²) in [7, 11) is 1.75. The van der Waals surface area contributed by atoms with Gasteiger partial charge in [0.05, 0.1) is 6.61 Å². The topological polar surface area (TPSA) is 26.2 Å². The zero-order valence-electron chi connectivity index (χ0n) is 9.99. The van der Waals surface area contributed by atoms with E-state index in [9.17, 15) is 0 Å². The molecular formula is C12H22N2O. The van der Waals surface area contributed by atoms with Crippen molar-refractivity contribution in [3.8, 4) is 0 Å². The van der Waals surface area contributed by atoms with E-state index in [1.165, 1.54) is 5.69 Å². The highest BCUT2D eigenvalue weighted by molar-refractivity contribution is 5.06. The Labute approximate surface area is 92.4 Å². The minimum absolute atomic E-state index is 0.454. The van der Waals surface area contributed by atoms with Gasteiger partial charge in [0.1, 0.15) is 0 Å². The predicted octanol–water partition coefficient (Wildman–Crippen LogP) is 2.02. The van der Waals surface area contributed by atoms with Gasteiger partial charge in [-0.15, -0.1) is 0 Å². The van der Waals surface area contributed by atoms with Gasteiger partial charge in [-0.1, -0.05) is 6.92 Å². The zero-order valence-corrected chi connectivity index (χ0v) is 9.99. The van der Waals surface area contributed by atoms with Gasteiger partial charge in [-0.2, -0.15) is 0 Å². The van der Waals surface area contributed by atoms with Crippen molar-refractivity contribution >= 4 is 0 Å². The van der Waals surface area contributed by atoms with E-state index in [1.54, 1.807) is 7.11 Å². The Hall–Kier alpha value is -0.800. The zero-order chi connectivity index (χ0) is 11.1. The van der Waals surface area contributed by atoms with Gasteiger partial charge in [-0.3, -0.25) is 0 Å². The number of methoxy groups -OCH3 is 1. The second-order valence-electron chi connectivity index (χ2n) is 3.73. The van der Waals surface area contributed by atoms with E-state index in [2.05, 4.69) is 42.1 Å². The lowest BCUT2D eigenvalue weighted by Gasteiger charge is -2.16. The highest BCUT2D eigenvalue weighted by Gasteiger charge is 2.06. The van der Waals surface area contributed by atoms with E-state index in [0.29, 0.717) is 6.04 Å². The van der Waals surface area contributed by atoms with E-state index >= 15 is 0 Å². The van der Waals surface area contributed by atoms with E-state index in [-0.39, 0.29) is 0 Å². The van der Waals surface area contributed by atoms with Crippen LogP contribution in [0.15, 0.2) is 18.3 Å². The maximum absolute atomic E-state index is 5.15. The number of aromatic nitrogens is 1. The van der Waals surface area contributed by atoms with E-state index < -0.39 is 0 Å². The molecule has 1 unspecified atom stereocenters. The van der Waals surface area contributed by atoms with Crippen LogP contribution in [0.2, 0.25) is 0 Å². The number of rotatable bonds is 7. The van der Waals surface area contributed by atoms with Gasteiger partial charge in [0.2, 0.25) is 0 Å². The van der Waals surface area contributed by atoms with Gasteiger partial charge < -0.3 is 14.6 Å². The standard InChI is InChI=1S/C12H22N2O/c1-4-11(10-15-3)13-9-12-7-6-8-14(12)5-2/h6-8,11,13H,4-5,9-10H2,1-3H3. The Bertz CT molecular complexity index is 270. The molecule has 0 fully saturated rings. The van der Waals surface area contributed by atoms with Crippen LogP contribution in [0.25, 0.3) is 0 Å². The SMILES string of the molecule is CCC(COC)NCc1cccn1CC. The largest absolute Gasteiger partial charge is 0.383 e. The molecule has 0 aliphatic heterocycles. The summed E-state index contributed by atoms with van der Waals surface area (Å²) in [4.78, 5) is 0. The van der Waals surface area contributed by atoms with Crippen LogP contribution in [0.5, 0.6) is 0 Å². The molecule has 0 radical (unpaired) electrons. The van der Waals surface area contributed by atoms with E-state index in [0.717, 1.165) is 26.1 Å². The molecule has 0 spiro atoms. The van der Waals surface area contributed by atoms with Crippen molar-refractivity contribution in [2.45, 2.75) is 39.4 Å². The van der Waals surface area contributed by atoms with Crippen molar-refractivity contribution in [2.75, 3.05) is 13.7 Å². The first-order valence-corrected chi connectivity index (χ1v) is 5.68. The highest BCUT2D eigenvalue weighted by Crippen LogP contribution is 2.03. The van der Waals surface area contributed by atoms with Crippen molar-refractivity contribution in [2.24, 2.45) is 0 Å². The van der Waals surface area contributed by atoms with E-state index in [4.69, 9.17) is 4.74 Å². The molecule has 1 N–H and O–H groups in total. The van der Waals surface area contributed by atoms with Gasteiger partial charge >= 0.3 is 0 Å². The monoisotopic (exact) mass is 210 g/mol. The summed E-state index contributed by atoms with van der Waals surface area (Å²) in [5, 5.41) is 3.50. The highest BCUT2D eigenvalue weighted by atomic mass is 16.5. The molecule has 3 heteroatoms.